The third-order valence-electron chi connectivity index (χ3n) is 3.87. The van der Waals surface area contributed by atoms with Crippen LogP contribution in [0.5, 0.6) is 0 Å². The monoisotopic (exact) mass is 321 g/mol. The Kier molecular flexibility index (Phi) is 4.17. The van der Waals surface area contributed by atoms with Crippen LogP contribution in [0.3, 0.4) is 0 Å². The molecule has 1 aliphatic heterocycles. The van der Waals surface area contributed by atoms with Gasteiger partial charge in [-0.05, 0) is 31.5 Å². The van der Waals surface area contributed by atoms with Crippen molar-refractivity contribution in [1.29, 1.82) is 0 Å². The first-order valence-corrected chi connectivity index (χ1v) is 8.57. The van der Waals surface area contributed by atoms with Crippen molar-refractivity contribution in [2.45, 2.75) is 37.0 Å². The molecule has 106 valence electrons. The molecule has 0 aliphatic carbocycles. The van der Waals surface area contributed by atoms with Crippen molar-refractivity contribution in [2.24, 2.45) is 5.92 Å². The molecule has 3 nitrogen and oxygen atoms in total. The second kappa shape index (κ2) is 5.24. The second-order valence-electron chi connectivity index (χ2n) is 4.92. The van der Waals surface area contributed by atoms with E-state index in [-0.39, 0.29) is 21.9 Å². The van der Waals surface area contributed by atoms with Crippen molar-refractivity contribution in [3.63, 3.8) is 0 Å². The van der Waals surface area contributed by atoms with Gasteiger partial charge >= 0.3 is 0 Å². The van der Waals surface area contributed by atoms with Crippen LogP contribution in [0, 0.1) is 5.92 Å². The highest BCUT2D eigenvalue weighted by Gasteiger charge is 2.43. The molecule has 0 spiro atoms. The van der Waals surface area contributed by atoms with Crippen LogP contribution in [0.2, 0.25) is 10.0 Å². The van der Waals surface area contributed by atoms with Crippen molar-refractivity contribution >= 4 is 33.0 Å². The first kappa shape index (κ1) is 15.1. The third-order valence-corrected chi connectivity index (χ3v) is 7.04. The summed E-state index contributed by atoms with van der Waals surface area (Å²) in [4.78, 5) is 0.193. The zero-order valence-corrected chi connectivity index (χ0v) is 13.4. The van der Waals surface area contributed by atoms with E-state index in [0.717, 1.165) is 6.54 Å². The molecule has 3 atom stereocenters. The predicted molar refractivity (Wildman–Crippen MR) is 78.7 cm³/mol. The number of benzene rings is 1. The molecule has 1 aromatic carbocycles. The molecule has 0 amide bonds. The van der Waals surface area contributed by atoms with Crippen molar-refractivity contribution in [2.75, 3.05) is 6.54 Å². The lowest BCUT2D eigenvalue weighted by atomic mass is 9.91. The molecule has 1 heterocycles. The van der Waals surface area contributed by atoms with Crippen molar-refractivity contribution in [3.8, 4) is 0 Å². The Morgan fingerprint density at radius 3 is 2.37 bits per heavy atom. The predicted octanol–water partition coefficient (Wildman–Crippen LogP) is 3.46. The maximum Gasteiger partial charge on any atom is 0.183 e. The van der Waals surface area contributed by atoms with E-state index in [1.165, 1.54) is 0 Å². The highest BCUT2D eigenvalue weighted by atomic mass is 35.5. The summed E-state index contributed by atoms with van der Waals surface area (Å²) in [5.74, 6) is -0.0617. The summed E-state index contributed by atoms with van der Waals surface area (Å²) in [5, 5.41) is 3.54. The van der Waals surface area contributed by atoms with Gasteiger partial charge in [-0.3, -0.25) is 0 Å². The van der Waals surface area contributed by atoms with Crippen molar-refractivity contribution < 1.29 is 8.42 Å². The van der Waals surface area contributed by atoms with Gasteiger partial charge in [0.1, 0.15) is 0 Å². The Balaban J connectivity index is 2.79. The van der Waals surface area contributed by atoms with E-state index in [0.29, 0.717) is 10.6 Å². The van der Waals surface area contributed by atoms with Gasteiger partial charge in [-0.25, -0.2) is 8.42 Å². The molecule has 19 heavy (non-hydrogen) atoms. The van der Waals surface area contributed by atoms with Crippen LogP contribution >= 0.6 is 23.2 Å². The fourth-order valence-electron chi connectivity index (χ4n) is 2.64. The molecule has 1 aliphatic rings. The molecule has 0 fully saturated rings. The normalized spacial score (nSPS) is 29.0. The first-order valence-electron chi connectivity index (χ1n) is 6.27. The Morgan fingerprint density at radius 2 is 1.79 bits per heavy atom. The summed E-state index contributed by atoms with van der Waals surface area (Å²) in [7, 11) is -3.43. The van der Waals surface area contributed by atoms with Gasteiger partial charge in [0.25, 0.3) is 0 Å². The molecule has 1 N–H and O–H groups in total. The minimum Gasteiger partial charge on any atom is -0.310 e. The van der Waals surface area contributed by atoms with Crippen LogP contribution in [-0.2, 0) is 9.84 Å². The Labute approximate surface area is 124 Å². The second-order valence-corrected chi connectivity index (χ2v) is 7.97. The Bertz CT molecular complexity index is 601. The summed E-state index contributed by atoms with van der Waals surface area (Å²) >= 11 is 12.3. The lowest BCUT2D eigenvalue weighted by molar-refractivity contribution is 0.364. The highest BCUT2D eigenvalue weighted by Crippen LogP contribution is 2.46. The SMILES string of the molecule is CCNC1c2c(Cl)ccc(Cl)c2S(=O)(=O)C(C)C1C. The average Bonchev–Trinajstić information content (AvgIpc) is 2.35. The van der Waals surface area contributed by atoms with E-state index in [2.05, 4.69) is 5.32 Å². The molecular weight excluding hydrogens is 305 g/mol. The molecule has 0 aromatic heterocycles. The lowest BCUT2D eigenvalue weighted by Crippen LogP contribution is -2.41. The van der Waals surface area contributed by atoms with Crippen molar-refractivity contribution in [3.05, 3.63) is 27.7 Å². The van der Waals surface area contributed by atoms with Crippen LogP contribution in [0.15, 0.2) is 17.0 Å². The van der Waals surface area contributed by atoms with Gasteiger partial charge in [-0.1, -0.05) is 37.0 Å². The fourth-order valence-corrected chi connectivity index (χ4v) is 5.43. The molecule has 0 bridgehead atoms. The topological polar surface area (TPSA) is 46.2 Å². The molecule has 3 unspecified atom stereocenters. The Morgan fingerprint density at radius 1 is 1.21 bits per heavy atom. The highest BCUT2D eigenvalue weighted by molar-refractivity contribution is 7.92. The van der Waals surface area contributed by atoms with Gasteiger partial charge < -0.3 is 5.32 Å². The van der Waals surface area contributed by atoms with Gasteiger partial charge in [-0.15, -0.1) is 0 Å². The van der Waals surface area contributed by atoms with Gasteiger partial charge in [0.05, 0.1) is 15.2 Å². The first-order chi connectivity index (χ1) is 8.82. The van der Waals surface area contributed by atoms with E-state index < -0.39 is 15.1 Å². The maximum atomic E-state index is 12.6. The molecule has 0 saturated carbocycles. The maximum absolute atomic E-state index is 12.6. The molecule has 0 radical (unpaired) electrons. The van der Waals surface area contributed by atoms with E-state index in [9.17, 15) is 8.42 Å². The zero-order chi connectivity index (χ0) is 14.4. The van der Waals surface area contributed by atoms with Crippen LogP contribution in [0.1, 0.15) is 32.4 Å². The minimum absolute atomic E-state index is 0.0617. The number of sulfone groups is 1. The van der Waals surface area contributed by atoms with Gasteiger partial charge in [0.15, 0.2) is 9.84 Å². The average molecular weight is 322 g/mol. The van der Waals surface area contributed by atoms with E-state index in [1.807, 2.05) is 13.8 Å². The molecule has 0 saturated heterocycles. The number of nitrogens with one attached hydrogen (secondary N) is 1. The van der Waals surface area contributed by atoms with Gasteiger partial charge in [0, 0.05) is 16.6 Å². The van der Waals surface area contributed by atoms with Crippen LogP contribution in [-0.4, -0.2) is 20.2 Å². The molecular formula is C13H17Cl2NO2S. The molecule has 1 aromatic rings. The number of rotatable bonds is 2. The van der Waals surface area contributed by atoms with Crippen LogP contribution in [0.25, 0.3) is 0 Å². The number of hydrogen-bond acceptors (Lipinski definition) is 3. The number of halogens is 2. The quantitative estimate of drug-likeness (QED) is 0.907. The summed E-state index contributed by atoms with van der Waals surface area (Å²) in [6.07, 6.45) is 0. The summed E-state index contributed by atoms with van der Waals surface area (Å²) < 4.78 is 25.1. The lowest BCUT2D eigenvalue weighted by Gasteiger charge is -2.37. The third kappa shape index (κ3) is 2.29. The van der Waals surface area contributed by atoms with Crippen LogP contribution in [0.4, 0.5) is 0 Å². The minimum atomic E-state index is -3.43. The van der Waals surface area contributed by atoms with E-state index in [4.69, 9.17) is 23.2 Å². The van der Waals surface area contributed by atoms with E-state index in [1.54, 1.807) is 19.1 Å². The summed E-state index contributed by atoms with van der Waals surface area (Å²) in [6.45, 7) is 6.38. The standard InChI is InChI=1S/C13H17Cl2NO2S/c1-4-16-12-7(2)8(3)19(17,18)13-10(15)6-5-9(14)11(12)13/h5-8,12,16H,4H2,1-3H3. The van der Waals surface area contributed by atoms with Crippen LogP contribution < -0.4 is 5.32 Å². The zero-order valence-electron chi connectivity index (χ0n) is 11.1. The number of fused-ring (bicyclic) bond motifs is 1. The largest absolute Gasteiger partial charge is 0.310 e. The molecule has 6 heteroatoms. The summed E-state index contributed by atoms with van der Waals surface area (Å²) in [6, 6.07) is 3.11. The number of hydrogen-bond donors (Lipinski definition) is 1. The van der Waals surface area contributed by atoms with Crippen molar-refractivity contribution in [1.82, 2.24) is 5.32 Å². The Hall–Kier alpha value is -0.290. The van der Waals surface area contributed by atoms with Gasteiger partial charge in [-0.2, -0.15) is 0 Å². The molecule has 2 rings (SSSR count). The fraction of sp³-hybridized carbons (Fsp3) is 0.538. The summed E-state index contributed by atoms with van der Waals surface area (Å²) in [5.41, 5.74) is 0.613. The smallest absolute Gasteiger partial charge is 0.183 e. The van der Waals surface area contributed by atoms with Gasteiger partial charge in [0.2, 0.25) is 0 Å². The van der Waals surface area contributed by atoms with E-state index >= 15 is 0 Å².